The number of aliphatic hydroxyl groups excluding tert-OH is 1. The van der Waals surface area contributed by atoms with Crippen LogP contribution >= 0.6 is 11.3 Å². The molecule has 1 aliphatic heterocycles. The van der Waals surface area contributed by atoms with E-state index in [4.69, 9.17) is 5.11 Å². The van der Waals surface area contributed by atoms with Gasteiger partial charge in [0.2, 0.25) is 0 Å². The van der Waals surface area contributed by atoms with Crippen LogP contribution in [0.1, 0.15) is 16.1 Å². The van der Waals surface area contributed by atoms with Gasteiger partial charge in [0, 0.05) is 26.2 Å². The lowest BCUT2D eigenvalue weighted by Gasteiger charge is -2.20. The SMILES string of the molecule is COC(=O)c1cnc(N2CCCN(CCO)CC2)s1. The van der Waals surface area contributed by atoms with Gasteiger partial charge in [-0.1, -0.05) is 11.3 Å². The van der Waals surface area contributed by atoms with E-state index >= 15 is 0 Å². The monoisotopic (exact) mass is 285 g/mol. The maximum Gasteiger partial charge on any atom is 0.349 e. The van der Waals surface area contributed by atoms with E-state index in [1.165, 1.54) is 18.4 Å². The van der Waals surface area contributed by atoms with E-state index in [9.17, 15) is 4.79 Å². The van der Waals surface area contributed by atoms with E-state index < -0.39 is 0 Å². The molecule has 0 spiro atoms. The molecule has 106 valence electrons. The van der Waals surface area contributed by atoms with Gasteiger partial charge >= 0.3 is 5.97 Å². The summed E-state index contributed by atoms with van der Waals surface area (Å²) >= 11 is 1.37. The number of ether oxygens (including phenoxy) is 1. The Hall–Kier alpha value is -1.18. The molecule has 1 saturated heterocycles. The van der Waals surface area contributed by atoms with Gasteiger partial charge in [-0.3, -0.25) is 4.90 Å². The van der Waals surface area contributed by atoms with Crippen molar-refractivity contribution < 1.29 is 14.6 Å². The predicted molar refractivity (Wildman–Crippen MR) is 73.8 cm³/mol. The Morgan fingerprint density at radius 3 is 3.05 bits per heavy atom. The van der Waals surface area contributed by atoms with Gasteiger partial charge in [-0.2, -0.15) is 0 Å². The molecule has 0 amide bonds. The normalized spacial score (nSPS) is 17.3. The molecule has 19 heavy (non-hydrogen) atoms. The standard InChI is InChI=1S/C12H19N3O3S/c1-18-11(17)10-9-13-12(19-10)15-4-2-3-14(5-6-15)7-8-16/h9,16H,2-8H2,1H3. The Morgan fingerprint density at radius 1 is 1.47 bits per heavy atom. The molecule has 0 atom stereocenters. The first kappa shape index (κ1) is 14.2. The van der Waals surface area contributed by atoms with Crippen LogP contribution < -0.4 is 4.90 Å². The highest BCUT2D eigenvalue weighted by Gasteiger charge is 2.19. The Labute approximate surface area is 116 Å². The minimum atomic E-state index is -0.333. The molecule has 2 heterocycles. The highest BCUT2D eigenvalue weighted by Crippen LogP contribution is 2.24. The molecule has 0 unspecified atom stereocenters. The number of hydrogen-bond acceptors (Lipinski definition) is 7. The molecule has 1 fully saturated rings. The number of anilines is 1. The maximum atomic E-state index is 11.4. The Kier molecular flexibility index (Phi) is 5.12. The van der Waals surface area contributed by atoms with Crippen molar-refractivity contribution in [2.45, 2.75) is 6.42 Å². The molecule has 1 aromatic rings. The summed E-state index contributed by atoms with van der Waals surface area (Å²) in [5.74, 6) is -0.333. The lowest BCUT2D eigenvalue weighted by Crippen LogP contribution is -2.32. The Bertz CT molecular complexity index is 424. The van der Waals surface area contributed by atoms with Crippen LogP contribution in [-0.2, 0) is 4.74 Å². The largest absolute Gasteiger partial charge is 0.465 e. The molecule has 0 radical (unpaired) electrons. The van der Waals surface area contributed by atoms with Crippen LogP contribution in [0, 0.1) is 0 Å². The zero-order valence-corrected chi connectivity index (χ0v) is 11.9. The highest BCUT2D eigenvalue weighted by atomic mass is 32.1. The summed E-state index contributed by atoms with van der Waals surface area (Å²) in [6, 6.07) is 0. The zero-order chi connectivity index (χ0) is 13.7. The molecule has 0 bridgehead atoms. The molecule has 0 aliphatic carbocycles. The zero-order valence-electron chi connectivity index (χ0n) is 11.0. The van der Waals surface area contributed by atoms with Crippen LogP contribution in [0.3, 0.4) is 0 Å². The third kappa shape index (κ3) is 3.65. The van der Waals surface area contributed by atoms with Crippen molar-refractivity contribution in [1.82, 2.24) is 9.88 Å². The third-order valence-corrected chi connectivity index (χ3v) is 4.19. The molecule has 6 nitrogen and oxygen atoms in total. The second-order valence-corrected chi connectivity index (χ2v) is 5.41. The van der Waals surface area contributed by atoms with Gasteiger partial charge in [0.25, 0.3) is 0 Å². The molecular weight excluding hydrogens is 266 g/mol. The van der Waals surface area contributed by atoms with Crippen LogP contribution in [0.2, 0.25) is 0 Å². The van der Waals surface area contributed by atoms with Crippen LogP contribution in [0.15, 0.2) is 6.20 Å². The van der Waals surface area contributed by atoms with Crippen LogP contribution in [0.25, 0.3) is 0 Å². The number of β-amino-alcohol motifs (C(OH)–C–C–N with tert-alkyl or cyclic N) is 1. The minimum absolute atomic E-state index is 0.198. The molecule has 0 saturated carbocycles. The first-order valence-electron chi connectivity index (χ1n) is 6.37. The Balaban J connectivity index is 1.98. The van der Waals surface area contributed by atoms with Crippen molar-refractivity contribution in [3.63, 3.8) is 0 Å². The fraction of sp³-hybridized carbons (Fsp3) is 0.667. The summed E-state index contributed by atoms with van der Waals surface area (Å²) in [5, 5.41) is 9.83. The summed E-state index contributed by atoms with van der Waals surface area (Å²) in [6.07, 6.45) is 2.61. The smallest absolute Gasteiger partial charge is 0.349 e. The van der Waals surface area contributed by atoms with Crippen molar-refractivity contribution in [2.24, 2.45) is 0 Å². The minimum Gasteiger partial charge on any atom is -0.465 e. The molecular formula is C12H19N3O3S. The van der Waals surface area contributed by atoms with Gasteiger partial charge in [-0.05, 0) is 13.0 Å². The molecule has 0 aromatic carbocycles. The fourth-order valence-corrected chi connectivity index (χ4v) is 3.02. The number of carbonyl (C=O) groups is 1. The summed E-state index contributed by atoms with van der Waals surface area (Å²) in [6.45, 7) is 4.62. The van der Waals surface area contributed by atoms with Crippen molar-refractivity contribution in [3.8, 4) is 0 Å². The number of aliphatic hydroxyl groups is 1. The Morgan fingerprint density at radius 2 is 2.32 bits per heavy atom. The number of thiazole rings is 1. The number of esters is 1. The van der Waals surface area contributed by atoms with Crippen LogP contribution in [-0.4, -0.2) is 67.4 Å². The lowest BCUT2D eigenvalue weighted by molar-refractivity contribution is 0.0606. The molecule has 7 heteroatoms. The average molecular weight is 285 g/mol. The average Bonchev–Trinajstić information content (AvgIpc) is 2.80. The highest BCUT2D eigenvalue weighted by molar-refractivity contribution is 7.17. The molecule has 1 N–H and O–H groups in total. The van der Waals surface area contributed by atoms with Gasteiger partial charge in [0.15, 0.2) is 5.13 Å². The second-order valence-electron chi connectivity index (χ2n) is 4.40. The molecule has 1 aromatic heterocycles. The maximum absolute atomic E-state index is 11.4. The number of hydrogen-bond donors (Lipinski definition) is 1. The van der Waals surface area contributed by atoms with Gasteiger partial charge in [-0.15, -0.1) is 0 Å². The number of aromatic nitrogens is 1. The van der Waals surface area contributed by atoms with Gasteiger partial charge in [0.05, 0.1) is 19.9 Å². The summed E-state index contributed by atoms with van der Waals surface area (Å²) in [7, 11) is 1.38. The number of nitrogens with zero attached hydrogens (tertiary/aromatic N) is 3. The van der Waals surface area contributed by atoms with Gasteiger partial charge in [0.1, 0.15) is 4.88 Å². The van der Waals surface area contributed by atoms with Crippen molar-refractivity contribution in [3.05, 3.63) is 11.1 Å². The van der Waals surface area contributed by atoms with Crippen molar-refractivity contribution >= 4 is 22.4 Å². The number of carbonyl (C=O) groups excluding carboxylic acids is 1. The van der Waals surface area contributed by atoms with Crippen LogP contribution in [0.5, 0.6) is 0 Å². The lowest BCUT2D eigenvalue weighted by atomic mass is 10.4. The topological polar surface area (TPSA) is 65.9 Å². The van der Waals surface area contributed by atoms with Gasteiger partial charge in [-0.25, -0.2) is 9.78 Å². The van der Waals surface area contributed by atoms with Gasteiger partial charge < -0.3 is 14.7 Å². The second kappa shape index (κ2) is 6.83. The quantitative estimate of drug-likeness (QED) is 0.810. The number of methoxy groups -OCH3 is 1. The van der Waals surface area contributed by atoms with E-state index in [1.807, 2.05) is 0 Å². The summed E-state index contributed by atoms with van der Waals surface area (Å²) in [4.78, 5) is 20.7. The first-order valence-corrected chi connectivity index (χ1v) is 7.18. The third-order valence-electron chi connectivity index (χ3n) is 3.16. The van der Waals surface area contributed by atoms with E-state index in [0.717, 1.165) is 44.3 Å². The van der Waals surface area contributed by atoms with Crippen molar-refractivity contribution in [1.29, 1.82) is 0 Å². The van der Waals surface area contributed by atoms with Crippen LogP contribution in [0.4, 0.5) is 5.13 Å². The molecule has 2 rings (SSSR count). The van der Waals surface area contributed by atoms with E-state index in [0.29, 0.717) is 4.88 Å². The fourth-order valence-electron chi connectivity index (χ4n) is 2.13. The molecule has 1 aliphatic rings. The van der Waals surface area contributed by atoms with E-state index in [2.05, 4.69) is 19.5 Å². The number of rotatable bonds is 4. The van der Waals surface area contributed by atoms with E-state index in [-0.39, 0.29) is 12.6 Å². The summed E-state index contributed by atoms with van der Waals surface area (Å²) < 4.78 is 4.69. The predicted octanol–water partition coefficient (Wildman–Crippen LogP) is 0.434. The van der Waals surface area contributed by atoms with Crippen molar-refractivity contribution in [2.75, 3.05) is 51.3 Å². The first-order chi connectivity index (χ1) is 9.24. The summed E-state index contributed by atoms with van der Waals surface area (Å²) in [5.41, 5.74) is 0. The van der Waals surface area contributed by atoms with E-state index in [1.54, 1.807) is 6.20 Å².